The number of rotatable bonds is 9. The second-order valence-electron chi connectivity index (χ2n) is 7.57. The van der Waals surface area contributed by atoms with E-state index >= 15 is 0 Å². The minimum absolute atomic E-state index is 0.215. The van der Waals surface area contributed by atoms with E-state index in [-0.39, 0.29) is 11.8 Å². The average Bonchev–Trinajstić information content (AvgIpc) is 3.26. The van der Waals surface area contributed by atoms with Crippen LogP contribution in [0.3, 0.4) is 0 Å². The van der Waals surface area contributed by atoms with Crippen molar-refractivity contribution in [2.75, 3.05) is 5.32 Å². The Morgan fingerprint density at radius 1 is 1.31 bits per heavy atom. The van der Waals surface area contributed by atoms with Crippen LogP contribution >= 0.6 is 0 Å². The number of nitrogens with zero attached hydrogens (tertiary/aromatic N) is 1. The summed E-state index contributed by atoms with van der Waals surface area (Å²) >= 11 is 0. The summed E-state index contributed by atoms with van der Waals surface area (Å²) in [7, 11) is 0. The van der Waals surface area contributed by atoms with E-state index in [0.717, 1.165) is 18.5 Å². The molecule has 1 heterocycles. The van der Waals surface area contributed by atoms with Crippen molar-refractivity contribution in [2.45, 2.75) is 77.9 Å². The Bertz CT molecular complexity index is 593. The summed E-state index contributed by atoms with van der Waals surface area (Å²) < 4.78 is 5.22. The third-order valence-corrected chi connectivity index (χ3v) is 4.89. The van der Waals surface area contributed by atoms with E-state index in [2.05, 4.69) is 15.8 Å². The molecule has 26 heavy (non-hydrogen) atoms. The lowest BCUT2D eigenvalue weighted by atomic mass is 10.0. The second-order valence-corrected chi connectivity index (χ2v) is 7.57. The highest BCUT2D eigenvalue weighted by Gasteiger charge is 2.26. The number of carbonyl (C=O) groups is 2. The van der Waals surface area contributed by atoms with Gasteiger partial charge in [-0.05, 0) is 24.7 Å². The first-order valence-corrected chi connectivity index (χ1v) is 9.65. The third-order valence-electron chi connectivity index (χ3n) is 4.89. The molecule has 0 radical (unpaired) electrons. The maximum atomic E-state index is 12.5. The number of aromatic nitrogens is 1. The minimum atomic E-state index is -1.13. The van der Waals surface area contributed by atoms with Crippen molar-refractivity contribution in [3.63, 3.8) is 0 Å². The van der Waals surface area contributed by atoms with Gasteiger partial charge in [0.05, 0.1) is 5.69 Å². The Balaban J connectivity index is 1.92. The van der Waals surface area contributed by atoms with Gasteiger partial charge in [0.1, 0.15) is 12.1 Å². The van der Waals surface area contributed by atoms with Crippen molar-refractivity contribution in [3.8, 4) is 0 Å². The monoisotopic (exact) mass is 365 g/mol. The molecule has 1 aliphatic carbocycles. The summed E-state index contributed by atoms with van der Waals surface area (Å²) in [4.78, 5) is 24.5. The fraction of sp³-hybridized carbons (Fsp3) is 0.737. The zero-order valence-corrected chi connectivity index (χ0v) is 16.0. The Hall–Kier alpha value is -1.89. The molecule has 0 bridgehead atoms. The molecule has 7 nitrogen and oxygen atoms in total. The zero-order chi connectivity index (χ0) is 19.1. The smallest absolute Gasteiger partial charge is 0.249 e. The molecule has 3 N–H and O–H groups in total. The molecular weight excluding hydrogens is 334 g/mol. The van der Waals surface area contributed by atoms with Crippen LogP contribution in [-0.4, -0.2) is 34.2 Å². The van der Waals surface area contributed by atoms with Crippen molar-refractivity contribution in [1.82, 2.24) is 10.5 Å². The highest BCUT2D eigenvalue weighted by Crippen LogP contribution is 2.28. The van der Waals surface area contributed by atoms with Gasteiger partial charge in [-0.25, -0.2) is 0 Å². The summed E-state index contributed by atoms with van der Waals surface area (Å²) in [6, 6.07) is 1.04. The van der Waals surface area contributed by atoms with E-state index in [1.54, 1.807) is 19.9 Å². The summed E-state index contributed by atoms with van der Waals surface area (Å²) in [5, 5.41) is 19.2. The van der Waals surface area contributed by atoms with E-state index in [4.69, 9.17) is 4.52 Å². The Morgan fingerprint density at radius 2 is 2.00 bits per heavy atom. The number of aliphatic hydroxyl groups excluding tert-OH is 1. The quantitative estimate of drug-likeness (QED) is 0.624. The normalized spacial score (nSPS) is 17.3. The number of aliphatic hydroxyl groups is 1. The summed E-state index contributed by atoms with van der Waals surface area (Å²) in [6.45, 7) is 5.43. The van der Waals surface area contributed by atoms with Crippen LogP contribution in [0.2, 0.25) is 0 Å². The lowest BCUT2D eigenvalue weighted by molar-refractivity contribution is -0.134. The standard InChI is InChI=1S/C19H31N3O4/c1-4-7-15(20-19(25)17(23)12(2)3)18(24)21-16-11-14(22-26-16)10-13-8-5-6-9-13/h11-13,15,17,23H,4-10H2,1-3H3,(H,20,25)(H,21,24). The molecule has 2 unspecified atom stereocenters. The van der Waals surface area contributed by atoms with Crippen molar-refractivity contribution < 1.29 is 19.2 Å². The molecule has 1 fully saturated rings. The molecule has 1 aromatic heterocycles. The number of carbonyl (C=O) groups excluding carboxylic acids is 2. The van der Waals surface area contributed by atoms with Crippen LogP contribution < -0.4 is 10.6 Å². The molecule has 1 saturated carbocycles. The molecule has 2 amide bonds. The van der Waals surface area contributed by atoms with Gasteiger partial charge in [0.2, 0.25) is 17.7 Å². The predicted molar refractivity (Wildman–Crippen MR) is 98.5 cm³/mol. The van der Waals surface area contributed by atoms with Crippen LogP contribution in [0.25, 0.3) is 0 Å². The van der Waals surface area contributed by atoms with E-state index in [9.17, 15) is 14.7 Å². The van der Waals surface area contributed by atoms with Crippen LogP contribution in [0.1, 0.15) is 65.0 Å². The summed E-state index contributed by atoms with van der Waals surface area (Å²) in [5.41, 5.74) is 0.846. The van der Waals surface area contributed by atoms with Crippen molar-refractivity contribution >= 4 is 17.7 Å². The van der Waals surface area contributed by atoms with E-state index < -0.39 is 18.1 Å². The highest BCUT2D eigenvalue weighted by molar-refractivity contribution is 5.96. The van der Waals surface area contributed by atoms with Gasteiger partial charge in [-0.1, -0.05) is 58.0 Å². The molecule has 0 spiro atoms. The fourth-order valence-electron chi connectivity index (χ4n) is 3.30. The van der Waals surface area contributed by atoms with Gasteiger partial charge < -0.3 is 14.9 Å². The Labute approximate surface area is 154 Å². The van der Waals surface area contributed by atoms with E-state index in [1.807, 2.05) is 6.92 Å². The van der Waals surface area contributed by atoms with Crippen molar-refractivity contribution in [1.29, 1.82) is 0 Å². The predicted octanol–water partition coefficient (Wildman–Crippen LogP) is 2.65. The van der Waals surface area contributed by atoms with Gasteiger partial charge in [-0.3, -0.25) is 14.9 Å². The molecular formula is C19H31N3O4. The molecule has 0 aliphatic heterocycles. The third kappa shape index (κ3) is 5.83. The number of amides is 2. The largest absolute Gasteiger partial charge is 0.383 e. The molecule has 1 aliphatic rings. The Morgan fingerprint density at radius 3 is 2.62 bits per heavy atom. The SMILES string of the molecule is CCCC(NC(=O)C(O)C(C)C)C(=O)Nc1cc(CC2CCCC2)no1. The number of nitrogens with one attached hydrogen (secondary N) is 2. The zero-order valence-electron chi connectivity index (χ0n) is 16.0. The van der Waals surface area contributed by atoms with Crippen LogP contribution in [0.15, 0.2) is 10.6 Å². The molecule has 2 rings (SSSR count). The average molecular weight is 365 g/mol. The number of hydrogen-bond donors (Lipinski definition) is 3. The fourth-order valence-corrected chi connectivity index (χ4v) is 3.30. The molecule has 0 saturated heterocycles. The van der Waals surface area contributed by atoms with Crippen LogP contribution in [0.4, 0.5) is 5.88 Å². The lowest BCUT2D eigenvalue weighted by Gasteiger charge is -2.20. The van der Waals surface area contributed by atoms with Crippen LogP contribution in [0.5, 0.6) is 0 Å². The molecule has 7 heteroatoms. The van der Waals surface area contributed by atoms with Gasteiger partial charge >= 0.3 is 0 Å². The molecule has 1 aromatic rings. The number of hydrogen-bond acceptors (Lipinski definition) is 5. The van der Waals surface area contributed by atoms with Crippen LogP contribution in [-0.2, 0) is 16.0 Å². The lowest BCUT2D eigenvalue weighted by Crippen LogP contribution is -2.48. The first-order chi connectivity index (χ1) is 12.4. The number of anilines is 1. The molecule has 146 valence electrons. The van der Waals surface area contributed by atoms with Gasteiger partial charge in [0, 0.05) is 6.07 Å². The maximum absolute atomic E-state index is 12.5. The van der Waals surface area contributed by atoms with E-state index in [0.29, 0.717) is 18.2 Å². The topological polar surface area (TPSA) is 104 Å². The minimum Gasteiger partial charge on any atom is -0.383 e. The van der Waals surface area contributed by atoms with Crippen molar-refractivity contribution in [3.05, 3.63) is 11.8 Å². The second kappa shape index (κ2) is 9.71. The van der Waals surface area contributed by atoms with Gasteiger partial charge in [0.15, 0.2) is 0 Å². The first kappa shape index (κ1) is 20.4. The van der Waals surface area contributed by atoms with Crippen molar-refractivity contribution in [2.24, 2.45) is 11.8 Å². The van der Waals surface area contributed by atoms with E-state index in [1.165, 1.54) is 25.7 Å². The summed E-state index contributed by atoms with van der Waals surface area (Å²) in [6.07, 6.45) is 5.92. The summed E-state index contributed by atoms with van der Waals surface area (Å²) in [5.74, 6) is -0.170. The Kier molecular flexibility index (Phi) is 7.63. The molecule has 2 atom stereocenters. The first-order valence-electron chi connectivity index (χ1n) is 9.65. The molecule has 0 aromatic carbocycles. The van der Waals surface area contributed by atoms with Gasteiger partial charge in [-0.2, -0.15) is 0 Å². The van der Waals surface area contributed by atoms with Gasteiger partial charge in [-0.15, -0.1) is 0 Å². The van der Waals surface area contributed by atoms with Crippen LogP contribution in [0, 0.1) is 11.8 Å². The van der Waals surface area contributed by atoms with Gasteiger partial charge in [0.25, 0.3) is 0 Å². The maximum Gasteiger partial charge on any atom is 0.249 e. The highest BCUT2D eigenvalue weighted by atomic mass is 16.5.